The maximum absolute atomic E-state index is 8.81. The first-order chi connectivity index (χ1) is 2.27. The lowest BCUT2D eigenvalue weighted by atomic mass is 10.8. The summed E-state index contributed by atoms with van der Waals surface area (Å²) >= 11 is 0. The van der Waals surface area contributed by atoms with E-state index in [9.17, 15) is 0 Å². The van der Waals surface area contributed by atoms with Crippen molar-refractivity contribution in [3.63, 3.8) is 0 Å². The average molecular weight is 85.8 g/mol. The zero-order valence-corrected chi connectivity index (χ0v) is 2.83. The minimum Gasteiger partial charge on any atom is -0.256 e. The fraction of sp³-hybridized carbons (Fsp3) is 0. The van der Waals surface area contributed by atoms with Crippen LogP contribution in [0.4, 0.5) is 0 Å². The van der Waals surface area contributed by atoms with Gasteiger partial charge in [0.25, 0.3) is 0 Å². The Kier molecular flexibility index (Phi) is 6.16. The zero-order valence-electron chi connectivity index (χ0n) is 2.83. The molecule has 5 heteroatoms. The highest BCUT2D eigenvalue weighted by Crippen LogP contribution is 1.44. The van der Waals surface area contributed by atoms with E-state index in [1.54, 1.807) is 0 Å². The van der Waals surface area contributed by atoms with Crippen LogP contribution in [-0.4, -0.2) is 19.7 Å². The molecule has 0 spiro atoms. The van der Waals surface area contributed by atoms with Crippen LogP contribution in [0.5, 0.6) is 0 Å². The molecule has 0 aromatic heterocycles. The number of rotatable bonds is 1. The standard InChI is InChI=1S/CHNO3.B/c3-1-2(4)5;/h1H;. The highest BCUT2D eigenvalue weighted by molar-refractivity contribution is 5.75. The molecule has 1 amide bonds. The van der Waals surface area contributed by atoms with E-state index in [0.29, 0.717) is 0 Å². The Balaban J connectivity index is 0. The Morgan fingerprint density at radius 1 is 1.67 bits per heavy atom. The van der Waals surface area contributed by atoms with E-state index in [-0.39, 0.29) is 14.8 Å². The number of amides is 1. The van der Waals surface area contributed by atoms with Crippen LogP contribution in [0.1, 0.15) is 0 Å². The minimum absolute atomic E-state index is 0. The van der Waals surface area contributed by atoms with E-state index in [4.69, 9.17) is 14.9 Å². The molecule has 4 nitrogen and oxygen atoms in total. The molecule has 0 N–H and O–H groups in total. The van der Waals surface area contributed by atoms with Gasteiger partial charge in [0, 0.05) is 8.41 Å². The molecule has 0 heterocycles. The summed E-state index contributed by atoms with van der Waals surface area (Å²) in [5, 5.41) is 8.81. The van der Waals surface area contributed by atoms with Crippen LogP contribution < -0.4 is 0 Å². The third-order valence-corrected chi connectivity index (χ3v) is 0.0861. The van der Waals surface area contributed by atoms with E-state index in [2.05, 4.69) is 0 Å². The van der Waals surface area contributed by atoms with Gasteiger partial charge in [0.2, 0.25) is 0 Å². The molecule has 0 aliphatic heterocycles. The van der Waals surface area contributed by atoms with Crippen molar-refractivity contribution in [1.82, 2.24) is 0 Å². The fourth-order valence-corrected chi connectivity index (χ4v) is 0. The van der Waals surface area contributed by atoms with Crippen molar-refractivity contribution in [2.24, 2.45) is 0 Å². The molecular weight excluding hydrogens is 84.8 g/mol. The van der Waals surface area contributed by atoms with Crippen LogP contribution in [0.3, 0.4) is 0 Å². The molecule has 0 atom stereocenters. The maximum atomic E-state index is 8.81. The van der Waals surface area contributed by atoms with E-state index < -0.39 is 4.92 Å². The molecule has 0 fully saturated rings. The van der Waals surface area contributed by atoms with E-state index in [1.165, 1.54) is 0 Å². The fourth-order valence-electron chi connectivity index (χ4n) is 0. The number of nitro groups is 1. The van der Waals surface area contributed by atoms with Crippen LogP contribution in [0.25, 0.3) is 0 Å². The maximum Gasteiger partial charge on any atom is 0.433 e. The van der Waals surface area contributed by atoms with Crippen LogP contribution >= 0.6 is 0 Å². The van der Waals surface area contributed by atoms with Gasteiger partial charge >= 0.3 is 6.41 Å². The largest absolute Gasteiger partial charge is 0.433 e. The molecule has 0 aromatic carbocycles. The lowest BCUT2D eigenvalue weighted by molar-refractivity contribution is -0.383. The van der Waals surface area contributed by atoms with Gasteiger partial charge in [-0.2, -0.15) is 0 Å². The topological polar surface area (TPSA) is 60.2 Å². The van der Waals surface area contributed by atoms with Gasteiger partial charge < -0.3 is 0 Å². The van der Waals surface area contributed by atoms with Crippen LogP contribution in [0.2, 0.25) is 0 Å². The summed E-state index contributed by atoms with van der Waals surface area (Å²) in [6.45, 7) is 0. The first kappa shape index (κ1) is 8.93. The molecule has 0 saturated carbocycles. The number of carbonyl (C=O) groups is 1. The molecule has 0 bridgehead atoms. The highest BCUT2D eigenvalue weighted by Gasteiger charge is 1.77. The Labute approximate surface area is 35.9 Å². The molecule has 3 radical (unpaired) electrons. The SMILES string of the molecule is O=C[N+](=O)[O-].[B]. The molecule has 31 valence electrons. The van der Waals surface area contributed by atoms with E-state index in [1.807, 2.05) is 0 Å². The summed E-state index contributed by atoms with van der Waals surface area (Å²) < 4.78 is 0. The number of hydrogen-bond acceptors (Lipinski definition) is 3. The normalized spacial score (nSPS) is 5.33. The first-order valence-corrected chi connectivity index (χ1v) is 0.859. The summed E-state index contributed by atoms with van der Waals surface area (Å²) in [6, 6.07) is 0. The average Bonchev–Trinajstić information content (AvgIpc) is 1.38. The third-order valence-electron chi connectivity index (χ3n) is 0.0861. The number of carbonyl (C=O) groups excluding carboxylic acids is 1. The van der Waals surface area contributed by atoms with Crippen LogP contribution in [0.15, 0.2) is 0 Å². The third kappa shape index (κ3) is 11.1. The molecular formula is CHBNO3. The Morgan fingerprint density at radius 3 is 1.83 bits per heavy atom. The second-order valence-corrected chi connectivity index (χ2v) is 0.391. The lowest BCUT2D eigenvalue weighted by Gasteiger charge is -1.61. The molecule has 0 aliphatic rings. The van der Waals surface area contributed by atoms with Gasteiger partial charge in [0.15, 0.2) is 0 Å². The van der Waals surface area contributed by atoms with Crippen molar-refractivity contribution in [2.45, 2.75) is 0 Å². The van der Waals surface area contributed by atoms with Crippen LogP contribution in [-0.2, 0) is 4.79 Å². The Morgan fingerprint density at radius 2 is 1.83 bits per heavy atom. The van der Waals surface area contributed by atoms with Crippen molar-refractivity contribution in [1.29, 1.82) is 0 Å². The smallest absolute Gasteiger partial charge is 0.256 e. The Hall–Kier alpha value is -0.865. The van der Waals surface area contributed by atoms with Crippen molar-refractivity contribution in [3.05, 3.63) is 10.1 Å². The first-order valence-electron chi connectivity index (χ1n) is 0.859. The van der Waals surface area contributed by atoms with Crippen molar-refractivity contribution in [3.8, 4) is 0 Å². The molecule has 0 unspecified atom stereocenters. The number of hydrogen-bond donors (Lipinski definition) is 0. The van der Waals surface area contributed by atoms with Gasteiger partial charge in [-0.05, 0) is 0 Å². The summed E-state index contributed by atoms with van der Waals surface area (Å²) in [6.07, 6.45) is -0.361. The van der Waals surface area contributed by atoms with Crippen LogP contribution in [0, 0.1) is 10.1 Å². The molecule has 0 aliphatic carbocycles. The quantitative estimate of drug-likeness (QED) is 0.178. The lowest BCUT2D eigenvalue weighted by Crippen LogP contribution is -1.88. The van der Waals surface area contributed by atoms with Gasteiger partial charge in [-0.3, -0.25) is 10.1 Å². The van der Waals surface area contributed by atoms with Gasteiger partial charge in [0.1, 0.15) is 0 Å². The van der Waals surface area contributed by atoms with E-state index in [0.717, 1.165) is 0 Å². The highest BCUT2D eigenvalue weighted by atomic mass is 16.6. The monoisotopic (exact) mass is 86.0 g/mol. The second kappa shape index (κ2) is 4.13. The van der Waals surface area contributed by atoms with E-state index >= 15 is 0 Å². The number of nitrogens with zero attached hydrogens (tertiary/aromatic N) is 1. The summed E-state index contributed by atoms with van der Waals surface area (Å²) in [5.41, 5.74) is 0. The molecule has 0 saturated heterocycles. The zero-order chi connectivity index (χ0) is 4.28. The van der Waals surface area contributed by atoms with Gasteiger partial charge in [-0.25, -0.2) is 4.79 Å². The summed E-state index contributed by atoms with van der Waals surface area (Å²) in [4.78, 5) is 16.6. The van der Waals surface area contributed by atoms with Crippen molar-refractivity contribution < 1.29 is 9.72 Å². The summed E-state index contributed by atoms with van der Waals surface area (Å²) in [5.74, 6) is 0. The predicted octanol–water partition coefficient (Wildman–Crippen LogP) is -0.961. The second-order valence-electron chi connectivity index (χ2n) is 0.391. The Bertz CT molecular complexity index is 61.8. The predicted molar refractivity (Wildman–Crippen MR) is 18.8 cm³/mol. The van der Waals surface area contributed by atoms with Gasteiger partial charge in [0.05, 0.1) is 4.92 Å². The van der Waals surface area contributed by atoms with Gasteiger partial charge in [-0.15, -0.1) is 0 Å². The molecule has 0 rings (SSSR count). The molecule has 6 heavy (non-hydrogen) atoms. The molecule has 0 aromatic rings. The minimum atomic E-state index is -1.06. The summed E-state index contributed by atoms with van der Waals surface area (Å²) in [7, 11) is 0. The van der Waals surface area contributed by atoms with Crippen molar-refractivity contribution >= 4 is 14.8 Å². The van der Waals surface area contributed by atoms with Gasteiger partial charge in [-0.1, -0.05) is 0 Å². The van der Waals surface area contributed by atoms with Crippen molar-refractivity contribution in [2.75, 3.05) is 0 Å².